The number of amides is 1. The molecule has 0 radical (unpaired) electrons. The van der Waals surface area contributed by atoms with Crippen molar-refractivity contribution in [1.82, 2.24) is 10.2 Å². The van der Waals surface area contributed by atoms with Gasteiger partial charge in [0.25, 0.3) is 5.76 Å². The molecule has 5 nitrogen and oxygen atoms in total. The molecule has 1 aromatic carbocycles. The first kappa shape index (κ1) is 19.6. The van der Waals surface area contributed by atoms with Crippen LogP contribution in [0, 0.1) is 0 Å². The van der Waals surface area contributed by atoms with Crippen LogP contribution in [-0.2, 0) is 9.53 Å². The topological polar surface area (TPSA) is 53.6 Å². The fourth-order valence-electron chi connectivity index (χ4n) is 1.57. The summed E-state index contributed by atoms with van der Waals surface area (Å²) in [5.41, 5.74) is 0.667. The van der Waals surface area contributed by atoms with Gasteiger partial charge in [-0.1, -0.05) is 11.8 Å². The Labute approximate surface area is 143 Å². The molecule has 1 aromatic rings. The molecule has 0 saturated heterocycles. The number of benzene rings is 1. The van der Waals surface area contributed by atoms with Gasteiger partial charge < -0.3 is 20.3 Å². The molecule has 0 fully saturated rings. The van der Waals surface area contributed by atoms with Crippen LogP contribution in [0.4, 0.5) is 14.5 Å². The zero-order valence-electron chi connectivity index (χ0n) is 12.8. The summed E-state index contributed by atoms with van der Waals surface area (Å²) in [6.07, 6.45) is 0. The standard InChI is InChI=1S/C14H19F2N3O2S2/c1-19(9-12(20)17-7-8-21-2)14(22)18-10-3-5-11(6-4-10)23-13(15)16/h3-6,13H,7-9H2,1-2H3,(H,17,20)(H,18,22). The SMILES string of the molecule is COCCNC(=O)CN(C)C(=S)Nc1ccc(SC(F)F)cc1. The fourth-order valence-corrected chi connectivity index (χ4v) is 2.26. The van der Waals surface area contributed by atoms with E-state index in [1.807, 2.05) is 0 Å². The highest BCUT2D eigenvalue weighted by molar-refractivity contribution is 7.99. The average molecular weight is 363 g/mol. The number of nitrogens with zero attached hydrogens (tertiary/aromatic N) is 1. The Kier molecular flexibility index (Phi) is 8.82. The van der Waals surface area contributed by atoms with Crippen LogP contribution in [0.3, 0.4) is 0 Å². The number of halogens is 2. The number of likely N-dealkylation sites (N-methyl/N-ethyl adjacent to an activating group) is 1. The second-order valence-corrected chi connectivity index (χ2v) is 5.98. The molecule has 0 aromatic heterocycles. The van der Waals surface area contributed by atoms with Crippen LogP contribution in [0.2, 0.25) is 0 Å². The van der Waals surface area contributed by atoms with Gasteiger partial charge in [0.05, 0.1) is 13.2 Å². The van der Waals surface area contributed by atoms with E-state index >= 15 is 0 Å². The van der Waals surface area contributed by atoms with Gasteiger partial charge in [-0.15, -0.1) is 0 Å². The van der Waals surface area contributed by atoms with Crippen molar-refractivity contribution in [1.29, 1.82) is 0 Å². The molecule has 23 heavy (non-hydrogen) atoms. The summed E-state index contributed by atoms with van der Waals surface area (Å²) >= 11 is 5.68. The summed E-state index contributed by atoms with van der Waals surface area (Å²) in [6.45, 7) is 0.989. The number of methoxy groups -OCH3 is 1. The summed E-state index contributed by atoms with van der Waals surface area (Å²) < 4.78 is 29.3. The van der Waals surface area contributed by atoms with Crippen molar-refractivity contribution < 1.29 is 18.3 Å². The first-order valence-electron chi connectivity index (χ1n) is 6.75. The quantitative estimate of drug-likeness (QED) is 0.420. The molecule has 0 bridgehead atoms. The minimum absolute atomic E-state index is 0.106. The molecule has 0 aliphatic carbocycles. The van der Waals surface area contributed by atoms with Gasteiger partial charge in [-0.2, -0.15) is 8.78 Å². The minimum Gasteiger partial charge on any atom is -0.383 e. The summed E-state index contributed by atoms with van der Waals surface area (Å²) in [7, 11) is 3.24. The first-order valence-corrected chi connectivity index (χ1v) is 8.03. The van der Waals surface area contributed by atoms with Crippen LogP contribution in [0.5, 0.6) is 0 Å². The predicted molar refractivity (Wildman–Crippen MR) is 92.0 cm³/mol. The molecule has 0 aliphatic rings. The minimum atomic E-state index is -2.45. The van der Waals surface area contributed by atoms with Crippen LogP contribution >= 0.6 is 24.0 Å². The number of carbonyl (C=O) groups excluding carboxylic acids is 1. The van der Waals surface area contributed by atoms with Crippen molar-refractivity contribution >= 4 is 40.7 Å². The van der Waals surface area contributed by atoms with Gasteiger partial charge in [0.15, 0.2) is 5.11 Å². The number of rotatable bonds is 8. The van der Waals surface area contributed by atoms with Crippen molar-refractivity contribution in [3.63, 3.8) is 0 Å². The largest absolute Gasteiger partial charge is 0.383 e. The van der Waals surface area contributed by atoms with Crippen molar-refractivity contribution in [3.8, 4) is 0 Å². The number of nitrogens with one attached hydrogen (secondary N) is 2. The van der Waals surface area contributed by atoms with Crippen molar-refractivity contribution in [3.05, 3.63) is 24.3 Å². The number of alkyl halides is 2. The summed E-state index contributed by atoms with van der Waals surface area (Å²) in [5.74, 6) is -2.62. The van der Waals surface area contributed by atoms with Crippen LogP contribution in [0.25, 0.3) is 0 Å². The van der Waals surface area contributed by atoms with E-state index in [1.165, 1.54) is 0 Å². The second kappa shape index (κ2) is 10.3. The van der Waals surface area contributed by atoms with E-state index in [0.29, 0.717) is 40.6 Å². The van der Waals surface area contributed by atoms with Gasteiger partial charge in [0.1, 0.15) is 0 Å². The average Bonchev–Trinajstić information content (AvgIpc) is 2.49. The normalized spacial score (nSPS) is 10.5. The van der Waals surface area contributed by atoms with Gasteiger partial charge in [0.2, 0.25) is 5.91 Å². The van der Waals surface area contributed by atoms with E-state index in [0.717, 1.165) is 0 Å². The van der Waals surface area contributed by atoms with E-state index in [1.54, 1.807) is 43.3 Å². The summed E-state index contributed by atoms with van der Waals surface area (Å²) in [6, 6.07) is 6.48. The number of hydrogen-bond donors (Lipinski definition) is 2. The second-order valence-electron chi connectivity index (χ2n) is 4.53. The van der Waals surface area contributed by atoms with Gasteiger partial charge in [-0.3, -0.25) is 4.79 Å². The third-order valence-electron chi connectivity index (χ3n) is 2.69. The molecule has 128 valence electrons. The zero-order chi connectivity index (χ0) is 17.2. The van der Waals surface area contributed by atoms with Gasteiger partial charge in [-0.25, -0.2) is 0 Å². The Hall–Kier alpha value is -1.45. The smallest absolute Gasteiger partial charge is 0.288 e. The number of thioether (sulfide) groups is 1. The number of hydrogen-bond acceptors (Lipinski definition) is 4. The molecule has 0 aliphatic heterocycles. The van der Waals surface area contributed by atoms with Crippen LogP contribution in [-0.4, -0.2) is 55.5 Å². The monoisotopic (exact) mass is 363 g/mol. The molecule has 0 unspecified atom stereocenters. The van der Waals surface area contributed by atoms with Crippen LogP contribution < -0.4 is 10.6 Å². The Morgan fingerprint density at radius 2 is 2.04 bits per heavy atom. The van der Waals surface area contributed by atoms with E-state index in [-0.39, 0.29) is 12.5 Å². The van der Waals surface area contributed by atoms with Crippen molar-refractivity contribution in [2.45, 2.75) is 10.7 Å². The Morgan fingerprint density at radius 3 is 2.61 bits per heavy atom. The Morgan fingerprint density at radius 1 is 1.39 bits per heavy atom. The first-order chi connectivity index (χ1) is 10.9. The van der Waals surface area contributed by atoms with Gasteiger partial charge >= 0.3 is 0 Å². The molecule has 1 rings (SSSR count). The van der Waals surface area contributed by atoms with Crippen LogP contribution in [0.15, 0.2) is 29.2 Å². The molecule has 9 heteroatoms. The van der Waals surface area contributed by atoms with Crippen molar-refractivity contribution in [2.24, 2.45) is 0 Å². The van der Waals surface area contributed by atoms with Crippen LogP contribution in [0.1, 0.15) is 0 Å². The highest BCUT2D eigenvalue weighted by atomic mass is 32.2. The maximum Gasteiger partial charge on any atom is 0.288 e. The molecule has 0 spiro atoms. The highest BCUT2D eigenvalue weighted by Crippen LogP contribution is 2.26. The molecular formula is C14H19F2N3O2S2. The maximum absolute atomic E-state index is 12.2. The number of anilines is 1. The number of carbonyl (C=O) groups is 1. The third kappa shape index (κ3) is 8.10. The van der Waals surface area contributed by atoms with E-state index in [9.17, 15) is 13.6 Å². The number of thiocarbonyl (C=S) groups is 1. The molecule has 2 N–H and O–H groups in total. The molecule has 0 atom stereocenters. The predicted octanol–water partition coefficient (Wildman–Crippen LogP) is 2.39. The van der Waals surface area contributed by atoms with Gasteiger partial charge in [-0.05, 0) is 36.5 Å². The third-order valence-corrected chi connectivity index (χ3v) is 3.82. The molecule has 0 heterocycles. The lowest BCUT2D eigenvalue weighted by atomic mass is 10.3. The fraction of sp³-hybridized carbons (Fsp3) is 0.429. The van der Waals surface area contributed by atoms with Crippen molar-refractivity contribution in [2.75, 3.05) is 39.2 Å². The highest BCUT2D eigenvalue weighted by Gasteiger charge is 2.10. The summed E-state index contributed by atoms with van der Waals surface area (Å²) in [5, 5.41) is 6.01. The van der Waals surface area contributed by atoms with E-state index in [4.69, 9.17) is 17.0 Å². The lowest BCUT2D eigenvalue weighted by molar-refractivity contribution is -0.121. The number of ether oxygens (including phenoxy) is 1. The zero-order valence-corrected chi connectivity index (χ0v) is 14.5. The molecule has 1 amide bonds. The lowest BCUT2D eigenvalue weighted by Gasteiger charge is -2.20. The Balaban J connectivity index is 2.43. The lowest BCUT2D eigenvalue weighted by Crippen LogP contribution is -2.41. The molecule has 0 saturated carbocycles. The van der Waals surface area contributed by atoms with E-state index in [2.05, 4.69) is 10.6 Å². The van der Waals surface area contributed by atoms with Gasteiger partial charge in [0, 0.05) is 31.3 Å². The summed E-state index contributed by atoms with van der Waals surface area (Å²) in [4.78, 5) is 13.7. The van der Waals surface area contributed by atoms with E-state index < -0.39 is 5.76 Å². The molecular weight excluding hydrogens is 344 g/mol. The Bertz CT molecular complexity index is 515. The maximum atomic E-state index is 12.2.